The third-order valence-corrected chi connectivity index (χ3v) is 1.29. The first-order valence-electron chi connectivity index (χ1n) is 5.05. The Labute approximate surface area is 92.2 Å². The van der Waals surface area contributed by atoms with Crippen LogP contribution in [-0.4, -0.2) is 24.2 Å². The van der Waals surface area contributed by atoms with E-state index >= 15 is 0 Å². The molecule has 3 nitrogen and oxygen atoms in total. The molecule has 0 spiro atoms. The molecule has 0 heterocycles. The number of hydrogen-bond acceptors (Lipinski definition) is 2. The Balaban J connectivity index is 0. The third-order valence-electron chi connectivity index (χ3n) is 1.29. The molecule has 86 valence electrons. The minimum atomic E-state index is -0.816. The SMILES string of the molecule is C=C/C=C\C=C\CC(=O)O.CCNCC. The van der Waals surface area contributed by atoms with Crippen molar-refractivity contribution in [2.45, 2.75) is 20.3 Å². The molecule has 0 aliphatic heterocycles. The zero-order chi connectivity index (χ0) is 11.9. The number of carboxylic acid groups (broad SMARTS) is 1. The molecule has 0 amide bonds. The molecular weight excluding hydrogens is 190 g/mol. The number of carboxylic acids is 1. The summed E-state index contributed by atoms with van der Waals surface area (Å²) in [5, 5.41) is 11.3. The van der Waals surface area contributed by atoms with Gasteiger partial charge in [0.1, 0.15) is 0 Å². The highest BCUT2D eigenvalue weighted by molar-refractivity contribution is 5.68. The molecule has 0 aromatic rings. The van der Waals surface area contributed by atoms with Gasteiger partial charge in [-0.05, 0) is 13.1 Å². The van der Waals surface area contributed by atoms with Gasteiger partial charge in [0.2, 0.25) is 0 Å². The summed E-state index contributed by atoms with van der Waals surface area (Å²) in [6.45, 7) is 9.85. The third kappa shape index (κ3) is 24.5. The fourth-order valence-electron chi connectivity index (χ4n) is 0.640. The molecule has 0 unspecified atom stereocenters. The van der Waals surface area contributed by atoms with Crippen molar-refractivity contribution in [3.8, 4) is 0 Å². The van der Waals surface area contributed by atoms with E-state index in [4.69, 9.17) is 5.11 Å². The molecule has 3 heteroatoms. The second-order valence-corrected chi connectivity index (χ2v) is 2.60. The molecule has 0 radical (unpaired) electrons. The van der Waals surface area contributed by atoms with Gasteiger partial charge < -0.3 is 10.4 Å². The van der Waals surface area contributed by atoms with Crippen LogP contribution in [-0.2, 0) is 4.79 Å². The van der Waals surface area contributed by atoms with Crippen molar-refractivity contribution in [2.75, 3.05) is 13.1 Å². The fourth-order valence-corrected chi connectivity index (χ4v) is 0.640. The molecule has 2 N–H and O–H groups in total. The molecule has 0 aromatic heterocycles. The van der Waals surface area contributed by atoms with Crippen molar-refractivity contribution in [1.82, 2.24) is 5.32 Å². The van der Waals surface area contributed by atoms with Gasteiger partial charge in [-0.25, -0.2) is 0 Å². The fraction of sp³-hybridized carbons (Fsp3) is 0.417. The normalized spacial score (nSPS) is 10.0. The number of hydrogen-bond donors (Lipinski definition) is 2. The molecule has 0 rings (SSSR count). The van der Waals surface area contributed by atoms with Crippen LogP contribution in [0.2, 0.25) is 0 Å². The first kappa shape index (κ1) is 16.1. The predicted octanol–water partition coefficient (Wildman–Crippen LogP) is 2.38. The first-order chi connectivity index (χ1) is 7.18. The molecule has 15 heavy (non-hydrogen) atoms. The Morgan fingerprint density at radius 3 is 2.20 bits per heavy atom. The van der Waals surface area contributed by atoms with Crippen LogP contribution in [0.5, 0.6) is 0 Å². The maximum atomic E-state index is 9.94. The molecular formula is C12H21NO2. The number of aliphatic carboxylic acids is 1. The molecule has 0 bridgehead atoms. The van der Waals surface area contributed by atoms with Crippen molar-refractivity contribution in [3.63, 3.8) is 0 Å². The standard InChI is InChI=1S/C8H10O2.C4H11N/c1-2-3-4-5-6-7-8(9)10;1-3-5-4-2/h2-6H,1,7H2,(H,9,10);5H,3-4H2,1-2H3/b4-3-,6-5+;. The van der Waals surface area contributed by atoms with Crippen molar-refractivity contribution >= 4 is 5.97 Å². The summed E-state index contributed by atoms with van der Waals surface area (Å²) >= 11 is 0. The lowest BCUT2D eigenvalue weighted by Gasteiger charge is -1.86. The average Bonchev–Trinajstić information content (AvgIpc) is 2.19. The van der Waals surface area contributed by atoms with Gasteiger partial charge in [-0.3, -0.25) is 4.79 Å². The molecule has 0 saturated heterocycles. The smallest absolute Gasteiger partial charge is 0.307 e. The van der Waals surface area contributed by atoms with Gasteiger partial charge in [0.25, 0.3) is 0 Å². The average molecular weight is 211 g/mol. The summed E-state index contributed by atoms with van der Waals surface area (Å²) in [6, 6.07) is 0. The van der Waals surface area contributed by atoms with Crippen LogP contribution in [0, 0.1) is 0 Å². The van der Waals surface area contributed by atoms with Crippen molar-refractivity contribution in [1.29, 1.82) is 0 Å². The Hall–Kier alpha value is -1.35. The predicted molar refractivity (Wildman–Crippen MR) is 64.9 cm³/mol. The highest BCUT2D eigenvalue weighted by Crippen LogP contribution is 1.83. The van der Waals surface area contributed by atoms with Crippen LogP contribution in [0.3, 0.4) is 0 Å². The quantitative estimate of drug-likeness (QED) is 0.663. The summed E-state index contributed by atoms with van der Waals surface area (Å²) in [4.78, 5) is 9.94. The Morgan fingerprint density at radius 1 is 1.27 bits per heavy atom. The zero-order valence-electron chi connectivity index (χ0n) is 9.57. The number of nitrogens with one attached hydrogen (secondary N) is 1. The van der Waals surface area contributed by atoms with Gasteiger partial charge in [-0.15, -0.1) is 0 Å². The van der Waals surface area contributed by atoms with Gasteiger partial charge in [-0.2, -0.15) is 0 Å². The monoisotopic (exact) mass is 211 g/mol. The minimum Gasteiger partial charge on any atom is -0.481 e. The topological polar surface area (TPSA) is 49.3 Å². The Morgan fingerprint density at radius 2 is 1.87 bits per heavy atom. The van der Waals surface area contributed by atoms with Gasteiger partial charge in [0, 0.05) is 0 Å². The highest BCUT2D eigenvalue weighted by atomic mass is 16.4. The zero-order valence-corrected chi connectivity index (χ0v) is 9.57. The summed E-state index contributed by atoms with van der Waals surface area (Å²) in [5.41, 5.74) is 0. The van der Waals surface area contributed by atoms with Gasteiger partial charge in [0.15, 0.2) is 0 Å². The van der Waals surface area contributed by atoms with E-state index in [1.807, 2.05) is 0 Å². The summed E-state index contributed by atoms with van der Waals surface area (Å²) < 4.78 is 0. The van der Waals surface area contributed by atoms with E-state index in [9.17, 15) is 4.79 Å². The maximum absolute atomic E-state index is 9.94. The van der Waals surface area contributed by atoms with Crippen LogP contribution in [0.4, 0.5) is 0 Å². The second-order valence-electron chi connectivity index (χ2n) is 2.60. The van der Waals surface area contributed by atoms with Crippen LogP contribution >= 0.6 is 0 Å². The van der Waals surface area contributed by atoms with E-state index in [1.165, 1.54) is 0 Å². The maximum Gasteiger partial charge on any atom is 0.307 e. The summed E-state index contributed by atoms with van der Waals surface area (Å²) in [6.07, 6.45) is 8.42. The number of carbonyl (C=O) groups is 1. The second kappa shape index (κ2) is 15.1. The van der Waals surface area contributed by atoms with E-state index in [0.29, 0.717) is 0 Å². The summed E-state index contributed by atoms with van der Waals surface area (Å²) in [5.74, 6) is -0.816. The van der Waals surface area contributed by atoms with E-state index in [0.717, 1.165) is 13.1 Å². The summed E-state index contributed by atoms with van der Waals surface area (Å²) in [7, 11) is 0. The number of allylic oxidation sites excluding steroid dienone is 4. The molecule has 0 aliphatic rings. The van der Waals surface area contributed by atoms with Crippen LogP contribution in [0.15, 0.2) is 37.0 Å². The first-order valence-corrected chi connectivity index (χ1v) is 5.05. The van der Waals surface area contributed by atoms with E-state index < -0.39 is 5.97 Å². The largest absolute Gasteiger partial charge is 0.481 e. The molecule has 0 fully saturated rings. The Kier molecular flexibility index (Phi) is 16.2. The van der Waals surface area contributed by atoms with E-state index in [1.54, 1.807) is 30.4 Å². The minimum absolute atomic E-state index is 0.0709. The van der Waals surface area contributed by atoms with Crippen LogP contribution in [0.25, 0.3) is 0 Å². The Bertz CT molecular complexity index is 206. The van der Waals surface area contributed by atoms with Crippen LogP contribution < -0.4 is 5.32 Å². The number of rotatable bonds is 6. The van der Waals surface area contributed by atoms with Gasteiger partial charge in [0.05, 0.1) is 6.42 Å². The van der Waals surface area contributed by atoms with Crippen molar-refractivity contribution < 1.29 is 9.90 Å². The van der Waals surface area contributed by atoms with E-state index in [2.05, 4.69) is 25.7 Å². The van der Waals surface area contributed by atoms with E-state index in [-0.39, 0.29) is 6.42 Å². The lowest BCUT2D eigenvalue weighted by atomic mass is 10.3. The highest BCUT2D eigenvalue weighted by Gasteiger charge is 1.86. The van der Waals surface area contributed by atoms with Gasteiger partial charge >= 0.3 is 5.97 Å². The molecule has 0 aliphatic carbocycles. The van der Waals surface area contributed by atoms with Crippen LogP contribution in [0.1, 0.15) is 20.3 Å². The molecule has 0 atom stereocenters. The van der Waals surface area contributed by atoms with Crippen molar-refractivity contribution in [3.05, 3.63) is 37.0 Å². The lowest BCUT2D eigenvalue weighted by molar-refractivity contribution is -0.135. The lowest BCUT2D eigenvalue weighted by Crippen LogP contribution is -2.09. The molecule has 0 saturated carbocycles. The van der Waals surface area contributed by atoms with Gasteiger partial charge in [-0.1, -0.05) is 50.8 Å². The molecule has 0 aromatic carbocycles. The van der Waals surface area contributed by atoms with Crippen molar-refractivity contribution in [2.24, 2.45) is 0 Å².